The van der Waals surface area contributed by atoms with E-state index < -0.39 is 12.5 Å². The molecule has 158 valence electrons. The number of hydrogen-bond acceptors (Lipinski definition) is 7. The van der Waals surface area contributed by atoms with E-state index in [0.717, 1.165) is 18.8 Å². The molecule has 0 bridgehead atoms. The smallest absolute Gasteiger partial charge is 0.387 e. The maximum absolute atomic E-state index is 12.5. The summed E-state index contributed by atoms with van der Waals surface area (Å²) in [5, 5.41) is 5.09. The highest BCUT2D eigenvalue weighted by atomic mass is 32.1. The van der Waals surface area contributed by atoms with Crippen molar-refractivity contribution in [1.82, 2.24) is 9.88 Å². The van der Waals surface area contributed by atoms with Crippen LogP contribution >= 0.6 is 11.3 Å². The Hall–Kier alpha value is -2.30. The van der Waals surface area contributed by atoms with E-state index in [2.05, 4.69) is 19.9 Å². The van der Waals surface area contributed by atoms with Gasteiger partial charge in [-0.15, -0.1) is 11.3 Å². The molecule has 3 rings (SSSR count). The minimum absolute atomic E-state index is 0.0494. The minimum atomic E-state index is -2.98. The molecule has 1 amide bonds. The number of amides is 1. The summed E-state index contributed by atoms with van der Waals surface area (Å²) in [5.74, 6) is -0.501. The molecule has 1 saturated heterocycles. The van der Waals surface area contributed by atoms with Crippen LogP contribution in [-0.2, 0) is 11.3 Å². The molecule has 0 aliphatic carbocycles. The Bertz CT molecular complexity index is 839. The van der Waals surface area contributed by atoms with Crippen molar-refractivity contribution >= 4 is 22.4 Å². The molecule has 1 aromatic heterocycles. The lowest BCUT2D eigenvalue weighted by Crippen LogP contribution is -2.44. The Morgan fingerprint density at radius 3 is 2.72 bits per heavy atom. The third-order valence-corrected chi connectivity index (χ3v) is 5.10. The summed E-state index contributed by atoms with van der Waals surface area (Å²) >= 11 is 1.33. The third kappa shape index (κ3) is 5.84. The fourth-order valence-corrected chi connectivity index (χ4v) is 3.95. The number of nitrogens with one attached hydrogen (secondary N) is 1. The van der Waals surface area contributed by atoms with Crippen LogP contribution in [0, 0.1) is 0 Å². The number of ether oxygens (including phenoxy) is 3. The van der Waals surface area contributed by atoms with Crippen molar-refractivity contribution in [3.63, 3.8) is 0 Å². The fourth-order valence-electron chi connectivity index (χ4n) is 3.25. The Kier molecular flexibility index (Phi) is 6.99. The normalized spacial score (nSPS) is 19.9. The predicted molar refractivity (Wildman–Crippen MR) is 105 cm³/mol. The number of halogens is 2. The SMILES string of the molecule is COc1cc(C(=O)Nc2nc(CN3C[C@@H](C)O[C@@H](C)C3)cs2)ccc1OC(F)F. The molecule has 0 saturated carbocycles. The Balaban J connectivity index is 1.62. The highest BCUT2D eigenvalue weighted by molar-refractivity contribution is 7.13. The van der Waals surface area contributed by atoms with Crippen molar-refractivity contribution in [2.75, 3.05) is 25.5 Å². The number of carbonyl (C=O) groups excluding carboxylic acids is 1. The van der Waals surface area contributed by atoms with E-state index in [9.17, 15) is 13.6 Å². The molecule has 1 aromatic carbocycles. The number of hydrogen-bond donors (Lipinski definition) is 1. The predicted octanol–water partition coefficient (Wildman–Crippen LogP) is 3.61. The molecule has 29 heavy (non-hydrogen) atoms. The van der Waals surface area contributed by atoms with Crippen molar-refractivity contribution in [3.8, 4) is 11.5 Å². The molecule has 0 spiro atoms. The summed E-state index contributed by atoms with van der Waals surface area (Å²) in [5.41, 5.74) is 1.11. The molecular weight excluding hydrogens is 404 g/mol. The van der Waals surface area contributed by atoms with Gasteiger partial charge in [0.1, 0.15) is 0 Å². The monoisotopic (exact) mass is 427 g/mol. The van der Waals surface area contributed by atoms with Gasteiger partial charge in [-0.05, 0) is 32.0 Å². The minimum Gasteiger partial charge on any atom is -0.493 e. The summed E-state index contributed by atoms with van der Waals surface area (Å²) < 4.78 is 40.0. The second-order valence-electron chi connectivity index (χ2n) is 6.79. The summed E-state index contributed by atoms with van der Waals surface area (Å²) in [6, 6.07) is 4.01. The lowest BCUT2D eigenvalue weighted by atomic mass is 10.2. The number of carbonyl (C=O) groups is 1. The lowest BCUT2D eigenvalue weighted by Gasteiger charge is -2.34. The highest BCUT2D eigenvalue weighted by Crippen LogP contribution is 2.30. The quantitative estimate of drug-likeness (QED) is 0.728. The van der Waals surface area contributed by atoms with Gasteiger partial charge < -0.3 is 14.2 Å². The number of aromatic nitrogens is 1. The van der Waals surface area contributed by atoms with Crippen LogP contribution in [0.5, 0.6) is 11.5 Å². The van der Waals surface area contributed by atoms with E-state index in [0.29, 0.717) is 11.7 Å². The van der Waals surface area contributed by atoms with Crippen molar-refractivity contribution in [3.05, 3.63) is 34.8 Å². The van der Waals surface area contributed by atoms with Crippen LogP contribution in [0.2, 0.25) is 0 Å². The van der Waals surface area contributed by atoms with Crippen LogP contribution in [0.3, 0.4) is 0 Å². The van der Waals surface area contributed by atoms with E-state index in [1.165, 1.54) is 36.6 Å². The van der Waals surface area contributed by atoms with E-state index in [1.54, 1.807) is 0 Å². The number of thiazole rings is 1. The number of morpholine rings is 1. The standard InChI is InChI=1S/C19H23F2N3O4S/c1-11-7-24(8-12(2)27-11)9-14-10-29-19(22-14)23-17(25)13-4-5-15(28-18(20)21)16(6-13)26-3/h4-6,10-12,18H,7-9H2,1-3H3,(H,22,23,25)/t11-,12+. The Labute approximate surface area is 171 Å². The number of anilines is 1. The second kappa shape index (κ2) is 9.47. The van der Waals surface area contributed by atoms with Crippen LogP contribution in [0.25, 0.3) is 0 Å². The molecule has 1 N–H and O–H groups in total. The molecule has 1 fully saturated rings. The number of nitrogens with zero attached hydrogens (tertiary/aromatic N) is 2. The van der Waals surface area contributed by atoms with Gasteiger partial charge >= 0.3 is 6.61 Å². The number of benzene rings is 1. The summed E-state index contributed by atoms with van der Waals surface area (Å²) in [7, 11) is 1.32. The molecule has 7 nitrogen and oxygen atoms in total. The first-order valence-electron chi connectivity index (χ1n) is 9.10. The average Bonchev–Trinajstić information content (AvgIpc) is 3.07. The number of alkyl halides is 2. The van der Waals surface area contributed by atoms with Crippen molar-refractivity contribution in [2.45, 2.75) is 39.2 Å². The summed E-state index contributed by atoms with van der Waals surface area (Å²) in [6.45, 7) is 3.45. The van der Waals surface area contributed by atoms with E-state index in [-0.39, 0.29) is 29.3 Å². The maximum atomic E-state index is 12.5. The molecule has 1 aliphatic rings. The Morgan fingerprint density at radius 1 is 1.34 bits per heavy atom. The van der Waals surface area contributed by atoms with Crippen LogP contribution in [0.4, 0.5) is 13.9 Å². The lowest BCUT2D eigenvalue weighted by molar-refractivity contribution is -0.0707. The van der Waals surface area contributed by atoms with Crippen molar-refractivity contribution in [2.24, 2.45) is 0 Å². The number of rotatable bonds is 7. The van der Waals surface area contributed by atoms with Gasteiger partial charge in [0, 0.05) is 30.6 Å². The molecule has 2 atom stereocenters. The highest BCUT2D eigenvalue weighted by Gasteiger charge is 2.23. The first kappa shape index (κ1) is 21.4. The average molecular weight is 427 g/mol. The van der Waals surface area contributed by atoms with Crippen molar-refractivity contribution in [1.29, 1.82) is 0 Å². The Morgan fingerprint density at radius 2 is 2.07 bits per heavy atom. The van der Waals surface area contributed by atoms with Crippen LogP contribution < -0.4 is 14.8 Å². The van der Waals surface area contributed by atoms with E-state index >= 15 is 0 Å². The molecule has 2 heterocycles. The zero-order valence-corrected chi connectivity index (χ0v) is 17.2. The third-order valence-electron chi connectivity index (χ3n) is 4.29. The van der Waals surface area contributed by atoms with Crippen LogP contribution in [-0.4, -0.2) is 54.8 Å². The van der Waals surface area contributed by atoms with Gasteiger partial charge in [0.2, 0.25) is 0 Å². The fraction of sp³-hybridized carbons (Fsp3) is 0.474. The van der Waals surface area contributed by atoms with Crippen LogP contribution in [0.1, 0.15) is 29.9 Å². The van der Waals surface area contributed by atoms with Gasteiger partial charge in [-0.2, -0.15) is 8.78 Å². The molecule has 0 unspecified atom stereocenters. The molecular formula is C19H23F2N3O4S. The largest absolute Gasteiger partial charge is 0.493 e. The van der Waals surface area contributed by atoms with E-state index in [1.807, 2.05) is 19.2 Å². The van der Waals surface area contributed by atoms with Crippen molar-refractivity contribution < 1.29 is 27.8 Å². The van der Waals surface area contributed by atoms with Gasteiger partial charge in [0.05, 0.1) is 25.0 Å². The van der Waals surface area contributed by atoms with E-state index in [4.69, 9.17) is 9.47 Å². The summed E-state index contributed by atoms with van der Waals surface area (Å²) in [6.07, 6.45) is 0.340. The first-order chi connectivity index (χ1) is 13.8. The maximum Gasteiger partial charge on any atom is 0.387 e. The molecule has 0 radical (unpaired) electrons. The van der Waals surface area contributed by atoms with Gasteiger partial charge in [0.15, 0.2) is 16.6 Å². The van der Waals surface area contributed by atoms with Gasteiger partial charge in [-0.1, -0.05) is 0 Å². The van der Waals surface area contributed by atoms with Gasteiger partial charge in [-0.3, -0.25) is 15.0 Å². The molecule has 2 aromatic rings. The zero-order chi connectivity index (χ0) is 21.0. The zero-order valence-electron chi connectivity index (χ0n) is 16.4. The number of methoxy groups -OCH3 is 1. The van der Waals surface area contributed by atoms with Gasteiger partial charge in [-0.25, -0.2) is 4.98 Å². The first-order valence-corrected chi connectivity index (χ1v) is 9.98. The second-order valence-corrected chi connectivity index (χ2v) is 7.65. The van der Waals surface area contributed by atoms with Gasteiger partial charge in [0.25, 0.3) is 5.91 Å². The van der Waals surface area contributed by atoms with Crippen LogP contribution in [0.15, 0.2) is 23.6 Å². The molecule has 1 aliphatic heterocycles. The molecule has 10 heteroatoms. The summed E-state index contributed by atoms with van der Waals surface area (Å²) in [4.78, 5) is 19.2. The topological polar surface area (TPSA) is 72.9 Å².